The maximum absolute atomic E-state index is 12.0. The number of benzene rings is 1. The Kier molecular flexibility index (Phi) is 4.02. The van der Waals surface area contributed by atoms with Gasteiger partial charge in [-0.1, -0.05) is 6.07 Å². The lowest BCUT2D eigenvalue weighted by Crippen LogP contribution is -2.19. The highest BCUT2D eigenvalue weighted by molar-refractivity contribution is 8.04. The van der Waals surface area contributed by atoms with Crippen molar-refractivity contribution in [2.45, 2.75) is 12.1 Å². The molecule has 0 fully saturated rings. The van der Waals surface area contributed by atoms with Crippen molar-refractivity contribution in [2.75, 3.05) is 0 Å². The Hall–Kier alpha value is -2.81. The number of carboxylic acid groups (broad SMARTS) is 1. The summed E-state index contributed by atoms with van der Waals surface area (Å²) in [6, 6.07) is 5.35. The summed E-state index contributed by atoms with van der Waals surface area (Å²) in [7, 11) is 3.38. The molecule has 0 saturated heterocycles. The lowest BCUT2D eigenvalue weighted by molar-refractivity contribution is -0.131. The van der Waals surface area contributed by atoms with Crippen molar-refractivity contribution in [3.8, 4) is 0 Å². The van der Waals surface area contributed by atoms with Gasteiger partial charge in [0.05, 0.1) is 11.0 Å². The number of aliphatic carboxylic acids is 1. The standard InChI is InChI=1S/C15H15N5O3S/c1-8-16-14(18-17-8)24-12(13(21)22)7-9-4-5-10-11(6-9)20(3)15(23)19(10)2/h4-7H,1-3H3,(H,21,22)(H,16,17,18)/b12-7-. The van der Waals surface area contributed by atoms with Crippen molar-refractivity contribution in [2.24, 2.45) is 14.1 Å². The van der Waals surface area contributed by atoms with E-state index >= 15 is 0 Å². The molecule has 9 heteroatoms. The quantitative estimate of drug-likeness (QED) is 0.548. The molecule has 0 radical (unpaired) electrons. The van der Waals surface area contributed by atoms with Crippen LogP contribution in [0, 0.1) is 6.92 Å². The monoisotopic (exact) mass is 345 g/mol. The van der Waals surface area contributed by atoms with Crippen LogP contribution in [0.2, 0.25) is 0 Å². The summed E-state index contributed by atoms with van der Waals surface area (Å²) in [5, 5.41) is 16.4. The van der Waals surface area contributed by atoms with E-state index < -0.39 is 5.97 Å². The zero-order valence-corrected chi connectivity index (χ0v) is 14.1. The van der Waals surface area contributed by atoms with Gasteiger partial charge in [0, 0.05) is 14.1 Å². The van der Waals surface area contributed by atoms with Crippen LogP contribution in [0.4, 0.5) is 0 Å². The summed E-state index contributed by atoms with van der Waals surface area (Å²) in [6.07, 6.45) is 1.54. The van der Waals surface area contributed by atoms with E-state index in [0.29, 0.717) is 16.5 Å². The van der Waals surface area contributed by atoms with E-state index in [1.165, 1.54) is 10.6 Å². The fourth-order valence-electron chi connectivity index (χ4n) is 2.37. The number of nitrogens with zero attached hydrogens (tertiary/aromatic N) is 4. The van der Waals surface area contributed by atoms with Gasteiger partial charge in [0.25, 0.3) is 0 Å². The summed E-state index contributed by atoms with van der Waals surface area (Å²) < 4.78 is 3.07. The highest BCUT2D eigenvalue weighted by Crippen LogP contribution is 2.26. The molecule has 0 unspecified atom stereocenters. The maximum atomic E-state index is 12.0. The average Bonchev–Trinajstić information content (AvgIpc) is 3.04. The first-order chi connectivity index (χ1) is 11.4. The number of aromatic amines is 1. The number of aromatic nitrogens is 5. The molecule has 2 aromatic heterocycles. The largest absolute Gasteiger partial charge is 0.477 e. The van der Waals surface area contributed by atoms with Crippen molar-refractivity contribution in [3.63, 3.8) is 0 Å². The van der Waals surface area contributed by atoms with Gasteiger partial charge >= 0.3 is 11.7 Å². The molecule has 0 spiro atoms. The number of nitrogens with one attached hydrogen (secondary N) is 1. The summed E-state index contributed by atoms with van der Waals surface area (Å²) in [4.78, 5) is 27.6. The summed E-state index contributed by atoms with van der Waals surface area (Å²) in [5.74, 6) is -0.451. The molecule has 2 heterocycles. The van der Waals surface area contributed by atoms with Gasteiger partial charge < -0.3 is 5.11 Å². The Bertz CT molecular complexity index is 1030. The van der Waals surface area contributed by atoms with Crippen LogP contribution in [-0.4, -0.2) is 35.4 Å². The normalized spacial score (nSPS) is 12.0. The van der Waals surface area contributed by atoms with Gasteiger partial charge in [0.2, 0.25) is 5.16 Å². The van der Waals surface area contributed by atoms with E-state index in [-0.39, 0.29) is 10.6 Å². The zero-order chi connectivity index (χ0) is 17.4. The third-order valence-electron chi connectivity index (χ3n) is 3.58. The number of carboxylic acids is 1. The van der Waals surface area contributed by atoms with E-state index in [9.17, 15) is 14.7 Å². The number of rotatable bonds is 4. The second kappa shape index (κ2) is 6.00. The zero-order valence-electron chi connectivity index (χ0n) is 13.3. The average molecular weight is 345 g/mol. The lowest BCUT2D eigenvalue weighted by atomic mass is 10.2. The van der Waals surface area contributed by atoms with E-state index in [0.717, 1.165) is 22.8 Å². The molecule has 0 atom stereocenters. The van der Waals surface area contributed by atoms with Crippen LogP contribution < -0.4 is 5.69 Å². The van der Waals surface area contributed by atoms with Crippen LogP contribution in [0.3, 0.4) is 0 Å². The van der Waals surface area contributed by atoms with E-state index in [1.807, 2.05) is 0 Å². The molecule has 2 N–H and O–H groups in total. The molecular weight excluding hydrogens is 330 g/mol. The molecule has 0 amide bonds. The van der Waals surface area contributed by atoms with Gasteiger partial charge in [-0.05, 0) is 42.5 Å². The topological polar surface area (TPSA) is 106 Å². The molecule has 24 heavy (non-hydrogen) atoms. The number of H-pyrrole nitrogens is 1. The number of imidazole rings is 1. The Morgan fingerprint density at radius 1 is 1.29 bits per heavy atom. The molecule has 0 aliphatic rings. The van der Waals surface area contributed by atoms with Gasteiger partial charge in [0.15, 0.2) is 0 Å². The summed E-state index contributed by atoms with van der Waals surface area (Å²) >= 11 is 0.965. The minimum Gasteiger partial charge on any atom is -0.477 e. The smallest absolute Gasteiger partial charge is 0.342 e. The van der Waals surface area contributed by atoms with Crippen molar-refractivity contribution in [1.29, 1.82) is 0 Å². The number of carbonyl (C=O) groups is 1. The van der Waals surface area contributed by atoms with Crippen LogP contribution in [0.25, 0.3) is 17.1 Å². The fraction of sp³-hybridized carbons (Fsp3) is 0.200. The van der Waals surface area contributed by atoms with Crippen LogP contribution >= 0.6 is 11.8 Å². The minimum atomic E-state index is -1.07. The highest BCUT2D eigenvalue weighted by Gasteiger charge is 2.14. The lowest BCUT2D eigenvalue weighted by Gasteiger charge is -2.01. The number of fused-ring (bicyclic) bond motifs is 1. The highest BCUT2D eigenvalue weighted by atomic mass is 32.2. The Labute approximate surface area is 140 Å². The molecule has 0 saturated carbocycles. The van der Waals surface area contributed by atoms with Crippen molar-refractivity contribution in [1.82, 2.24) is 24.3 Å². The third kappa shape index (κ3) is 2.85. The predicted molar refractivity (Wildman–Crippen MR) is 90.7 cm³/mol. The summed E-state index contributed by atoms with van der Waals surface area (Å²) in [6.45, 7) is 1.74. The van der Waals surface area contributed by atoms with Crippen molar-refractivity contribution >= 4 is 34.8 Å². The van der Waals surface area contributed by atoms with Crippen molar-refractivity contribution < 1.29 is 9.90 Å². The molecule has 124 valence electrons. The molecule has 3 aromatic rings. The third-order valence-corrected chi connectivity index (χ3v) is 4.46. The Morgan fingerprint density at radius 3 is 2.62 bits per heavy atom. The fourth-order valence-corrected chi connectivity index (χ4v) is 3.12. The van der Waals surface area contributed by atoms with Gasteiger partial charge in [-0.15, -0.1) is 5.10 Å². The first-order valence-corrected chi connectivity index (χ1v) is 7.86. The van der Waals surface area contributed by atoms with Crippen LogP contribution in [-0.2, 0) is 18.9 Å². The van der Waals surface area contributed by atoms with Gasteiger partial charge in [-0.25, -0.2) is 14.6 Å². The number of hydrogen-bond acceptors (Lipinski definition) is 5. The molecule has 0 bridgehead atoms. The van der Waals surface area contributed by atoms with Crippen LogP contribution in [0.5, 0.6) is 0 Å². The second-order valence-electron chi connectivity index (χ2n) is 5.27. The van der Waals surface area contributed by atoms with Crippen LogP contribution in [0.1, 0.15) is 11.4 Å². The van der Waals surface area contributed by atoms with E-state index in [2.05, 4.69) is 15.2 Å². The molecule has 0 aliphatic heterocycles. The van der Waals surface area contributed by atoms with Gasteiger partial charge in [-0.2, -0.15) is 0 Å². The van der Waals surface area contributed by atoms with E-state index in [4.69, 9.17) is 0 Å². The maximum Gasteiger partial charge on any atom is 0.342 e. The molecule has 1 aromatic carbocycles. The van der Waals surface area contributed by atoms with Gasteiger partial charge in [-0.3, -0.25) is 14.2 Å². The molecule has 3 rings (SSSR count). The van der Waals surface area contributed by atoms with E-state index in [1.54, 1.807) is 43.8 Å². The SMILES string of the molecule is Cc1nc(S/C(=C\c2ccc3c(c2)n(C)c(=O)n3C)C(=O)O)n[nH]1. The Morgan fingerprint density at radius 2 is 2.00 bits per heavy atom. The first kappa shape index (κ1) is 16.1. The number of hydrogen-bond donors (Lipinski definition) is 2. The van der Waals surface area contributed by atoms with Crippen LogP contribution in [0.15, 0.2) is 33.1 Å². The number of aryl methyl sites for hydroxylation is 3. The van der Waals surface area contributed by atoms with Crippen molar-refractivity contribution in [3.05, 3.63) is 45.0 Å². The first-order valence-electron chi connectivity index (χ1n) is 7.04. The predicted octanol–water partition coefficient (Wildman–Crippen LogP) is 1.52. The Balaban J connectivity index is 2.03. The van der Waals surface area contributed by atoms with Gasteiger partial charge in [0.1, 0.15) is 10.7 Å². The molecule has 0 aliphatic carbocycles. The number of thioether (sulfide) groups is 1. The second-order valence-corrected chi connectivity index (χ2v) is 6.28. The summed E-state index contributed by atoms with van der Waals surface area (Å²) in [5.41, 5.74) is 2.07. The molecule has 8 nitrogen and oxygen atoms in total. The molecular formula is C15H15N5O3S. The minimum absolute atomic E-state index is 0.0919.